The van der Waals surface area contributed by atoms with Gasteiger partial charge in [-0.05, 0) is 13.8 Å². The van der Waals surface area contributed by atoms with Crippen molar-refractivity contribution in [1.29, 1.82) is 0 Å². The average Bonchev–Trinajstić information content (AvgIpc) is 3.02. The van der Waals surface area contributed by atoms with Crippen molar-refractivity contribution in [3.63, 3.8) is 0 Å². The Bertz CT molecular complexity index is 534. The van der Waals surface area contributed by atoms with Crippen molar-refractivity contribution in [3.8, 4) is 0 Å². The molecule has 0 bridgehead atoms. The van der Waals surface area contributed by atoms with Gasteiger partial charge in [-0.1, -0.05) is 5.16 Å². The van der Waals surface area contributed by atoms with E-state index in [4.69, 9.17) is 4.52 Å². The van der Waals surface area contributed by atoms with Gasteiger partial charge in [-0.25, -0.2) is 0 Å². The molecule has 2 atom stereocenters. The molecule has 3 heterocycles. The van der Waals surface area contributed by atoms with Gasteiger partial charge in [-0.3, -0.25) is 9.69 Å². The first-order chi connectivity index (χ1) is 11.1. The highest BCUT2D eigenvalue weighted by Gasteiger charge is 2.28. The summed E-state index contributed by atoms with van der Waals surface area (Å²) in [5, 5.41) is 7.29. The van der Waals surface area contributed by atoms with Crippen LogP contribution in [0.4, 0.5) is 0 Å². The first-order valence-electron chi connectivity index (χ1n) is 8.26. The third kappa shape index (κ3) is 5.99. The summed E-state index contributed by atoms with van der Waals surface area (Å²) >= 11 is 1.93. The Morgan fingerprint density at radius 3 is 2.64 bits per heavy atom. The van der Waals surface area contributed by atoms with Crippen LogP contribution < -0.4 is 5.32 Å². The second-order valence-electron chi connectivity index (χ2n) is 6.20. The Morgan fingerprint density at radius 2 is 2.08 bits per heavy atom. The Morgan fingerprint density at radius 1 is 1.36 bits per heavy atom. The molecule has 7 nitrogen and oxygen atoms in total. The lowest BCUT2D eigenvalue weighted by Gasteiger charge is -2.37. The minimum absolute atomic E-state index is 0. The first-order valence-corrected chi connectivity index (χ1v) is 9.42. The molecule has 1 aromatic rings. The van der Waals surface area contributed by atoms with E-state index in [-0.39, 0.29) is 36.8 Å². The number of carbonyl (C=O) groups is 1. The maximum Gasteiger partial charge on any atom is 0.243 e. The second-order valence-corrected chi connectivity index (χ2v) is 7.35. The van der Waals surface area contributed by atoms with Crippen LogP contribution in [0.3, 0.4) is 0 Å². The predicted molar refractivity (Wildman–Crippen MR) is 104 cm³/mol. The standard InChI is InChI=1S/C15H25N5O2S.2ClH/c1-11(15-17-12(2)18-22-15)19-4-6-20(7-5-19)14(21)9-13-10-23-8-3-16-13;;/h11,13,16H,3-10H2,1-2H3;2*1H. The molecule has 144 valence electrons. The largest absolute Gasteiger partial charge is 0.340 e. The molecular formula is C15H27Cl2N5O2S. The number of nitrogens with one attached hydrogen (secondary N) is 1. The van der Waals surface area contributed by atoms with E-state index in [1.54, 1.807) is 0 Å². The zero-order valence-corrected chi connectivity index (χ0v) is 17.1. The molecule has 10 heteroatoms. The molecular weight excluding hydrogens is 385 g/mol. The van der Waals surface area contributed by atoms with Crippen molar-refractivity contribution in [3.05, 3.63) is 11.7 Å². The number of piperazine rings is 1. The fourth-order valence-corrected chi connectivity index (χ4v) is 4.04. The van der Waals surface area contributed by atoms with Gasteiger partial charge in [-0.2, -0.15) is 16.7 Å². The lowest BCUT2D eigenvalue weighted by atomic mass is 10.1. The monoisotopic (exact) mass is 411 g/mol. The fourth-order valence-electron chi connectivity index (χ4n) is 3.09. The van der Waals surface area contributed by atoms with Crippen LogP contribution in [-0.4, -0.2) is 76.1 Å². The van der Waals surface area contributed by atoms with Gasteiger partial charge in [0.15, 0.2) is 5.82 Å². The molecule has 0 saturated carbocycles. The molecule has 1 amide bonds. The van der Waals surface area contributed by atoms with Gasteiger partial charge in [0.05, 0.1) is 6.04 Å². The Balaban J connectivity index is 0.00000156. The number of carbonyl (C=O) groups excluding carboxylic acids is 1. The summed E-state index contributed by atoms with van der Waals surface area (Å²) in [6, 6.07) is 0.435. The Hall–Kier alpha value is -0.540. The van der Waals surface area contributed by atoms with Crippen LogP contribution in [0.2, 0.25) is 0 Å². The van der Waals surface area contributed by atoms with Crippen molar-refractivity contribution in [2.75, 3.05) is 44.2 Å². The lowest BCUT2D eigenvalue weighted by Crippen LogP contribution is -2.51. The highest BCUT2D eigenvalue weighted by molar-refractivity contribution is 7.99. The smallest absolute Gasteiger partial charge is 0.243 e. The van der Waals surface area contributed by atoms with E-state index in [1.807, 2.05) is 23.6 Å². The van der Waals surface area contributed by atoms with Crippen molar-refractivity contribution in [2.45, 2.75) is 32.4 Å². The van der Waals surface area contributed by atoms with Gasteiger partial charge in [0, 0.05) is 56.7 Å². The van der Waals surface area contributed by atoms with Gasteiger partial charge in [0.1, 0.15) is 0 Å². The molecule has 0 aliphatic carbocycles. The van der Waals surface area contributed by atoms with E-state index in [0.717, 1.165) is 44.2 Å². The summed E-state index contributed by atoms with van der Waals surface area (Å²) in [5.41, 5.74) is 0. The molecule has 2 aliphatic rings. The number of aryl methyl sites for hydroxylation is 1. The van der Waals surface area contributed by atoms with E-state index in [0.29, 0.717) is 24.2 Å². The third-order valence-corrected chi connectivity index (χ3v) is 5.67. The zero-order valence-electron chi connectivity index (χ0n) is 14.6. The summed E-state index contributed by atoms with van der Waals surface area (Å²) < 4.78 is 5.26. The molecule has 1 aromatic heterocycles. The van der Waals surface area contributed by atoms with E-state index in [9.17, 15) is 4.79 Å². The van der Waals surface area contributed by atoms with Crippen molar-refractivity contribution < 1.29 is 9.32 Å². The maximum atomic E-state index is 12.4. The first kappa shape index (κ1) is 22.5. The highest BCUT2D eigenvalue weighted by atomic mass is 35.5. The van der Waals surface area contributed by atoms with E-state index >= 15 is 0 Å². The third-order valence-electron chi connectivity index (χ3n) is 4.53. The number of aromatic nitrogens is 2. The Kier molecular flexibility index (Phi) is 9.51. The molecule has 2 saturated heterocycles. The summed E-state index contributed by atoms with van der Waals surface area (Å²) in [7, 11) is 0. The molecule has 0 spiro atoms. The molecule has 0 aromatic carbocycles. The second kappa shape index (κ2) is 10.6. The van der Waals surface area contributed by atoms with E-state index < -0.39 is 0 Å². The van der Waals surface area contributed by atoms with Gasteiger partial charge in [0.2, 0.25) is 11.8 Å². The molecule has 2 fully saturated rings. The van der Waals surface area contributed by atoms with Gasteiger partial charge in [0.25, 0.3) is 0 Å². The number of amides is 1. The zero-order chi connectivity index (χ0) is 16.2. The lowest BCUT2D eigenvalue weighted by molar-refractivity contribution is -0.133. The quantitative estimate of drug-likeness (QED) is 0.804. The van der Waals surface area contributed by atoms with Crippen molar-refractivity contribution >= 4 is 42.5 Å². The van der Waals surface area contributed by atoms with Crippen LogP contribution in [0, 0.1) is 6.92 Å². The number of rotatable bonds is 4. The number of hydrogen-bond acceptors (Lipinski definition) is 7. The molecule has 2 aliphatic heterocycles. The van der Waals surface area contributed by atoms with Crippen LogP contribution >= 0.6 is 36.6 Å². The average molecular weight is 412 g/mol. The highest BCUT2D eigenvalue weighted by Crippen LogP contribution is 2.20. The van der Waals surface area contributed by atoms with Gasteiger partial charge in [-0.15, -0.1) is 24.8 Å². The summed E-state index contributed by atoms with van der Waals surface area (Å²) in [6.45, 7) is 8.16. The molecule has 25 heavy (non-hydrogen) atoms. The van der Waals surface area contributed by atoms with Crippen LogP contribution in [0.5, 0.6) is 0 Å². The van der Waals surface area contributed by atoms with Crippen LogP contribution in [-0.2, 0) is 4.79 Å². The van der Waals surface area contributed by atoms with E-state index in [1.165, 1.54) is 0 Å². The van der Waals surface area contributed by atoms with Gasteiger partial charge < -0.3 is 14.7 Å². The maximum absolute atomic E-state index is 12.4. The fraction of sp³-hybridized carbons (Fsp3) is 0.800. The molecule has 1 N–H and O–H groups in total. The Labute approximate surface area is 165 Å². The predicted octanol–water partition coefficient (Wildman–Crippen LogP) is 1.52. The van der Waals surface area contributed by atoms with Crippen LogP contribution in [0.1, 0.15) is 31.1 Å². The SMILES string of the molecule is Cc1noc(C(C)N2CCN(C(=O)CC3CSCCN3)CC2)n1.Cl.Cl. The van der Waals surface area contributed by atoms with Crippen LogP contribution in [0.15, 0.2) is 4.52 Å². The van der Waals surface area contributed by atoms with Crippen molar-refractivity contribution in [1.82, 2.24) is 25.3 Å². The van der Waals surface area contributed by atoms with Crippen molar-refractivity contribution in [2.24, 2.45) is 0 Å². The molecule has 0 radical (unpaired) electrons. The number of halogens is 2. The number of thioether (sulfide) groups is 1. The van der Waals surface area contributed by atoms with Gasteiger partial charge >= 0.3 is 0 Å². The van der Waals surface area contributed by atoms with E-state index in [2.05, 4.69) is 27.3 Å². The number of hydrogen-bond donors (Lipinski definition) is 1. The minimum atomic E-state index is 0. The summed E-state index contributed by atoms with van der Waals surface area (Å²) in [5.74, 6) is 3.78. The minimum Gasteiger partial charge on any atom is -0.340 e. The molecule has 2 unspecified atom stereocenters. The summed E-state index contributed by atoms with van der Waals surface area (Å²) in [4.78, 5) is 21.0. The van der Waals surface area contributed by atoms with Crippen LogP contribution in [0.25, 0.3) is 0 Å². The topological polar surface area (TPSA) is 74.5 Å². The normalized spacial score (nSPS) is 22.6. The summed E-state index contributed by atoms with van der Waals surface area (Å²) in [6.07, 6.45) is 0.616. The number of nitrogens with zero attached hydrogens (tertiary/aromatic N) is 4. The molecule has 3 rings (SSSR count).